The van der Waals surface area contributed by atoms with Crippen LogP contribution in [0.4, 0.5) is 0 Å². The van der Waals surface area contributed by atoms with Crippen molar-refractivity contribution in [1.82, 2.24) is 10.2 Å². The third-order valence-electron chi connectivity index (χ3n) is 4.14. The predicted molar refractivity (Wildman–Crippen MR) is 74.5 cm³/mol. The first-order valence-electron chi connectivity index (χ1n) is 6.83. The minimum Gasteiger partial charge on any atom is -0.496 e. The van der Waals surface area contributed by atoms with Crippen molar-refractivity contribution in [3.05, 3.63) is 29.3 Å². The standard InChI is InChI=1S/C15H14N2O5/c1-22-10-4-2-3-9-12(10)14(21)17(13(9)20)15(8-18)6-5-11(19)16-7-15/h2-4,8H,5-7H2,1H3,(H,16,19). The van der Waals surface area contributed by atoms with Gasteiger partial charge in [-0.15, -0.1) is 0 Å². The zero-order valence-electron chi connectivity index (χ0n) is 11.9. The van der Waals surface area contributed by atoms with E-state index in [0.29, 0.717) is 12.0 Å². The highest BCUT2D eigenvalue weighted by Gasteiger charge is 2.51. The van der Waals surface area contributed by atoms with Crippen molar-refractivity contribution >= 4 is 24.0 Å². The second kappa shape index (κ2) is 4.94. The lowest BCUT2D eigenvalue weighted by molar-refractivity contribution is -0.127. The molecule has 7 heteroatoms. The molecule has 0 aliphatic carbocycles. The highest BCUT2D eigenvalue weighted by Crippen LogP contribution is 2.36. The molecule has 1 fully saturated rings. The number of hydrogen-bond acceptors (Lipinski definition) is 5. The van der Waals surface area contributed by atoms with Gasteiger partial charge in [-0.05, 0) is 18.6 Å². The van der Waals surface area contributed by atoms with Crippen LogP contribution >= 0.6 is 0 Å². The van der Waals surface area contributed by atoms with E-state index in [9.17, 15) is 19.2 Å². The van der Waals surface area contributed by atoms with Gasteiger partial charge in [0.05, 0.1) is 18.2 Å². The molecule has 1 N–H and O–H groups in total. The van der Waals surface area contributed by atoms with E-state index in [-0.39, 0.29) is 36.4 Å². The molecule has 1 aromatic rings. The molecule has 114 valence electrons. The van der Waals surface area contributed by atoms with Crippen LogP contribution in [0.2, 0.25) is 0 Å². The SMILES string of the molecule is COc1cccc2c1C(=O)N(C1(C=O)CCC(=O)NC1)C2=O. The molecule has 2 aliphatic heterocycles. The van der Waals surface area contributed by atoms with E-state index in [1.165, 1.54) is 13.2 Å². The molecular weight excluding hydrogens is 288 g/mol. The van der Waals surface area contributed by atoms with Gasteiger partial charge in [0.15, 0.2) is 0 Å². The van der Waals surface area contributed by atoms with Gasteiger partial charge in [0.1, 0.15) is 17.6 Å². The predicted octanol–water partition coefficient (Wildman–Crippen LogP) is 0.139. The first kappa shape index (κ1) is 14.2. The summed E-state index contributed by atoms with van der Waals surface area (Å²) in [5, 5.41) is 2.55. The van der Waals surface area contributed by atoms with Gasteiger partial charge in [-0.2, -0.15) is 0 Å². The van der Waals surface area contributed by atoms with Crippen molar-refractivity contribution in [3.63, 3.8) is 0 Å². The molecule has 0 bridgehead atoms. The van der Waals surface area contributed by atoms with Crippen molar-refractivity contribution in [2.45, 2.75) is 18.4 Å². The Morgan fingerprint density at radius 1 is 1.27 bits per heavy atom. The minimum atomic E-state index is -1.34. The summed E-state index contributed by atoms with van der Waals surface area (Å²) in [4.78, 5) is 49.2. The zero-order chi connectivity index (χ0) is 15.9. The summed E-state index contributed by atoms with van der Waals surface area (Å²) < 4.78 is 5.14. The van der Waals surface area contributed by atoms with Gasteiger partial charge in [-0.25, -0.2) is 0 Å². The molecule has 22 heavy (non-hydrogen) atoms. The van der Waals surface area contributed by atoms with Crippen molar-refractivity contribution < 1.29 is 23.9 Å². The Labute approximate surface area is 126 Å². The van der Waals surface area contributed by atoms with Crippen LogP contribution in [0.15, 0.2) is 18.2 Å². The number of benzene rings is 1. The highest BCUT2D eigenvalue weighted by atomic mass is 16.5. The van der Waals surface area contributed by atoms with Crippen molar-refractivity contribution in [3.8, 4) is 5.75 Å². The number of methoxy groups -OCH3 is 1. The largest absolute Gasteiger partial charge is 0.496 e. The van der Waals surface area contributed by atoms with Crippen molar-refractivity contribution in [2.24, 2.45) is 0 Å². The van der Waals surface area contributed by atoms with Crippen LogP contribution in [0.1, 0.15) is 33.6 Å². The number of rotatable bonds is 3. The van der Waals surface area contributed by atoms with Gasteiger partial charge in [0, 0.05) is 13.0 Å². The van der Waals surface area contributed by atoms with E-state index in [4.69, 9.17) is 4.74 Å². The number of piperidine rings is 1. The van der Waals surface area contributed by atoms with Crippen molar-refractivity contribution in [2.75, 3.05) is 13.7 Å². The number of fused-ring (bicyclic) bond motifs is 1. The van der Waals surface area contributed by atoms with E-state index in [1.54, 1.807) is 12.1 Å². The number of aldehydes is 1. The van der Waals surface area contributed by atoms with Crippen LogP contribution in [0.25, 0.3) is 0 Å². The molecule has 0 spiro atoms. The van der Waals surface area contributed by atoms with Gasteiger partial charge in [-0.3, -0.25) is 19.3 Å². The van der Waals surface area contributed by atoms with Gasteiger partial charge < -0.3 is 14.8 Å². The normalized spacial score (nSPS) is 24.0. The molecule has 1 unspecified atom stereocenters. The maximum Gasteiger partial charge on any atom is 0.266 e. The quantitative estimate of drug-likeness (QED) is 0.633. The topological polar surface area (TPSA) is 92.8 Å². The van der Waals surface area contributed by atoms with Crippen LogP contribution in [0.3, 0.4) is 0 Å². The van der Waals surface area contributed by atoms with Gasteiger partial charge in [-0.1, -0.05) is 6.07 Å². The lowest BCUT2D eigenvalue weighted by Gasteiger charge is -2.38. The fourth-order valence-electron chi connectivity index (χ4n) is 2.93. The fraction of sp³-hybridized carbons (Fsp3) is 0.333. The van der Waals surface area contributed by atoms with Crippen LogP contribution < -0.4 is 10.1 Å². The molecule has 1 atom stereocenters. The Bertz CT molecular complexity index is 687. The summed E-state index contributed by atoms with van der Waals surface area (Å²) in [6.07, 6.45) is 0.778. The van der Waals surface area contributed by atoms with E-state index in [1.807, 2.05) is 0 Å². The molecule has 1 aromatic carbocycles. The third-order valence-corrected chi connectivity index (χ3v) is 4.14. The summed E-state index contributed by atoms with van der Waals surface area (Å²) in [5.41, 5.74) is -0.970. The average molecular weight is 302 g/mol. The third kappa shape index (κ3) is 1.82. The monoisotopic (exact) mass is 302 g/mol. The molecule has 3 rings (SSSR count). The summed E-state index contributed by atoms with van der Waals surface area (Å²) in [6.45, 7) is -0.0664. The number of ether oxygens (including phenoxy) is 1. The molecule has 2 heterocycles. The highest BCUT2D eigenvalue weighted by molar-refractivity contribution is 6.24. The summed E-state index contributed by atoms with van der Waals surface area (Å²) in [7, 11) is 1.41. The smallest absolute Gasteiger partial charge is 0.266 e. The number of amides is 3. The molecule has 3 amide bonds. The second-order valence-corrected chi connectivity index (χ2v) is 5.33. The second-order valence-electron chi connectivity index (χ2n) is 5.33. The number of hydrogen-bond donors (Lipinski definition) is 1. The number of nitrogens with zero attached hydrogens (tertiary/aromatic N) is 1. The first-order chi connectivity index (χ1) is 10.5. The van der Waals surface area contributed by atoms with Crippen LogP contribution in [0.5, 0.6) is 5.75 Å². The van der Waals surface area contributed by atoms with Crippen LogP contribution in [-0.4, -0.2) is 48.1 Å². The molecule has 1 saturated heterocycles. The van der Waals surface area contributed by atoms with E-state index < -0.39 is 17.4 Å². The van der Waals surface area contributed by atoms with E-state index >= 15 is 0 Å². The maximum absolute atomic E-state index is 12.7. The van der Waals surface area contributed by atoms with Gasteiger partial charge in [0.2, 0.25) is 5.91 Å². The van der Waals surface area contributed by atoms with E-state index in [0.717, 1.165) is 4.90 Å². The number of carbonyl (C=O) groups excluding carboxylic acids is 4. The molecule has 7 nitrogen and oxygen atoms in total. The summed E-state index contributed by atoms with van der Waals surface area (Å²) >= 11 is 0. The zero-order valence-corrected chi connectivity index (χ0v) is 11.9. The minimum absolute atomic E-state index is 0.0664. The van der Waals surface area contributed by atoms with Gasteiger partial charge >= 0.3 is 0 Å². The number of imide groups is 1. The Morgan fingerprint density at radius 3 is 2.64 bits per heavy atom. The first-order valence-corrected chi connectivity index (χ1v) is 6.83. The van der Waals surface area contributed by atoms with Gasteiger partial charge in [0.25, 0.3) is 11.8 Å². The summed E-state index contributed by atoms with van der Waals surface area (Å²) in [6, 6.07) is 4.73. The molecule has 0 saturated carbocycles. The molecule has 0 aromatic heterocycles. The Hall–Kier alpha value is -2.70. The lowest BCUT2D eigenvalue weighted by Crippen LogP contribution is -2.62. The molecule has 2 aliphatic rings. The Balaban J connectivity index is 2.07. The van der Waals surface area contributed by atoms with Crippen LogP contribution in [-0.2, 0) is 9.59 Å². The molecule has 0 radical (unpaired) electrons. The number of nitrogens with one attached hydrogen (secondary N) is 1. The summed E-state index contributed by atoms with van der Waals surface area (Å²) in [5.74, 6) is -1.02. The molecular formula is C15H14N2O5. The van der Waals surface area contributed by atoms with E-state index in [2.05, 4.69) is 5.32 Å². The maximum atomic E-state index is 12.7. The fourth-order valence-corrected chi connectivity index (χ4v) is 2.93. The Morgan fingerprint density at radius 2 is 2.05 bits per heavy atom. The Kier molecular flexibility index (Phi) is 3.20. The lowest BCUT2D eigenvalue weighted by atomic mass is 9.89. The number of carbonyl (C=O) groups is 4. The van der Waals surface area contributed by atoms with Crippen molar-refractivity contribution in [1.29, 1.82) is 0 Å². The van der Waals surface area contributed by atoms with Crippen LogP contribution in [0, 0.1) is 0 Å². The average Bonchev–Trinajstić information content (AvgIpc) is 2.81.